The molecular formula is C8H8N2O2. The summed E-state index contributed by atoms with van der Waals surface area (Å²) in [6.45, 7) is 1.86. The van der Waals surface area contributed by atoms with E-state index in [0.29, 0.717) is 5.88 Å². The molecule has 0 aliphatic carbocycles. The monoisotopic (exact) mass is 164 g/mol. The second-order valence-corrected chi connectivity index (χ2v) is 2.53. The topological polar surface area (TPSA) is 65.2 Å². The van der Waals surface area contributed by atoms with Gasteiger partial charge in [0.2, 0.25) is 5.88 Å². The number of rotatable bonds is 1. The van der Waals surface area contributed by atoms with Crippen molar-refractivity contribution in [1.82, 2.24) is 5.16 Å². The smallest absolute Gasteiger partial charge is 0.225 e. The highest BCUT2D eigenvalue weighted by Crippen LogP contribution is 2.25. The van der Waals surface area contributed by atoms with Gasteiger partial charge in [-0.25, -0.2) is 0 Å². The van der Waals surface area contributed by atoms with Gasteiger partial charge < -0.3 is 14.7 Å². The number of nitrogen functional groups attached to an aromatic ring is 1. The first-order valence-electron chi connectivity index (χ1n) is 3.53. The molecule has 2 N–H and O–H groups in total. The van der Waals surface area contributed by atoms with Crippen molar-refractivity contribution in [2.24, 2.45) is 0 Å². The molecule has 0 bridgehead atoms. The van der Waals surface area contributed by atoms with Gasteiger partial charge in [0.15, 0.2) is 0 Å². The molecule has 0 radical (unpaired) electrons. The van der Waals surface area contributed by atoms with Crippen LogP contribution in [0.2, 0.25) is 0 Å². The van der Waals surface area contributed by atoms with E-state index in [1.807, 2.05) is 13.0 Å². The number of nitrogens with zero attached hydrogens (tertiary/aromatic N) is 1. The summed E-state index contributed by atoms with van der Waals surface area (Å²) < 4.78 is 9.72. The Kier molecular flexibility index (Phi) is 1.40. The standard InChI is InChI=1S/C8H8N2O2/c1-5-7(10-12-8(5)9)6-2-3-11-4-6/h2-4H,9H2,1H3. The Morgan fingerprint density at radius 3 is 2.83 bits per heavy atom. The van der Waals surface area contributed by atoms with Crippen molar-refractivity contribution in [2.45, 2.75) is 6.92 Å². The predicted octanol–water partition coefficient (Wildman–Crippen LogP) is 1.83. The Labute approximate surface area is 69.0 Å². The van der Waals surface area contributed by atoms with Gasteiger partial charge in [-0.3, -0.25) is 0 Å². The van der Waals surface area contributed by atoms with E-state index >= 15 is 0 Å². The highest BCUT2D eigenvalue weighted by Gasteiger charge is 2.11. The number of hydrogen-bond donors (Lipinski definition) is 1. The van der Waals surface area contributed by atoms with E-state index in [9.17, 15) is 0 Å². The maximum absolute atomic E-state index is 5.49. The molecule has 12 heavy (non-hydrogen) atoms. The zero-order valence-electron chi connectivity index (χ0n) is 6.57. The summed E-state index contributed by atoms with van der Waals surface area (Å²) in [7, 11) is 0. The van der Waals surface area contributed by atoms with E-state index in [-0.39, 0.29) is 0 Å². The van der Waals surface area contributed by atoms with Crippen molar-refractivity contribution in [1.29, 1.82) is 0 Å². The van der Waals surface area contributed by atoms with Gasteiger partial charge in [-0.2, -0.15) is 0 Å². The zero-order valence-corrected chi connectivity index (χ0v) is 6.57. The lowest BCUT2D eigenvalue weighted by Crippen LogP contribution is -1.83. The minimum absolute atomic E-state index is 0.353. The number of nitrogens with two attached hydrogens (primary N) is 1. The van der Waals surface area contributed by atoms with Crippen LogP contribution in [0.1, 0.15) is 5.56 Å². The summed E-state index contributed by atoms with van der Waals surface area (Å²) in [6.07, 6.45) is 3.18. The van der Waals surface area contributed by atoms with Crippen LogP contribution >= 0.6 is 0 Å². The maximum atomic E-state index is 5.49. The molecule has 2 rings (SSSR count). The average molecular weight is 164 g/mol. The Hall–Kier alpha value is -1.71. The molecule has 0 aliphatic rings. The number of aromatic nitrogens is 1. The minimum atomic E-state index is 0.353. The van der Waals surface area contributed by atoms with Crippen molar-refractivity contribution in [3.8, 4) is 11.3 Å². The lowest BCUT2D eigenvalue weighted by atomic mass is 10.2. The molecule has 0 amide bonds. The number of hydrogen-bond acceptors (Lipinski definition) is 4. The first-order chi connectivity index (χ1) is 5.79. The van der Waals surface area contributed by atoms with E-state index in [0.717, 1.165) is 16.8 Å². The van der Waals surface area contributed by atoms with Gasteiger partial charge in [-0.05, 0) is 13.0 Å². The molecular weight excluding hydrogens is 156 g/mol. The first kappa shape index (κ1) is 6.97. The van der Waals surface area contributed by atoms with Gasteiger partial charge in [-0.15, -0.1) is 0 Å². The van der Waals surface area contributed by atoms with Crippen molar-refractivity contribution in [3.05, 3.63) is 24.2 Å². The summed E-state index contributed by atoms with van der Waals surface area (Å²) in [5, 5.41) is 3.80. The van der Waals surface area contributed by atoms with E-state index in [4.69, 9.17) is 14.7 Å². The number of anilines is 1. The molecule has 62 valence electrons. The molecule has 2 aromatic heterocycles. The Morgan fingerprint density at radius 2 is 2.33 bits per heavy atom. The summed E-state index contributed by atoms with van der Waals surface area (Å²) in [6, 6.07) is 1.81. The van der Waals surface area contributed by atoms with Crippen molar-refractivity contribution in [3.63, 3.8) is 0 Å². The summed E-state index contributed by atoms with van der Waals surface area (Å²) in [5.74, 6) is 0.353. The molecule has 2 aromatic rings. The van der Waals surface area contributed by atoms with Crippen LogP contribution in [-0.4, -0.2) is 5.16 Å². The van der Waals surface area contributed by atoms with E-state index in [1.54, 1.807) is 12.5 Å². The van der Waals surface area contributed by atoms with E-state index in [1.165, 1.54) is 0 Å². The fraction of sp³-hybridized carbons (Fsp3) is 0.125. The van der Waals surface area contributed by atoms with E-state index < -0.39 is 0 Å². The van der Waals surface area contributed by atoms with Crippen LogP contribution in [0.4, 0.5) is 5.88 Å². The van der Waals surface area contributed by atoms with Gasteiger partial charge in [0.25, 0.3) is 0 Å². The van der Waals surface area contributed by atoms with Crippen molar-refractivity contribution < 1.29 is 8.94 Å². The van der Waals surface area contributed by atoms with Crippen LogP contribution in [0.15, 0.2) is 27.5 Å². The fourth-order valence-corrected chi connectivity index (χ4v) is 1.02. The van der Waals surface area contributed by atoms with Crippen LogP contribution in [0.5, 0.6) is 0 Å². The lowest BCUT2D eigenvalue weighted by Gasteiger charge is -1.88. The fourth-order valence-electron chi connectivity index (χ4n) is 1.02. The van der Waals surface area contributed by atoms with Gasteiger partial charge in [0.05, 0.1) is 12.5 Å². The highest BCUT2D eigenvalue weighted by molar-refractivity contribution is 5.65. The quantitative estimate of drug-likeness (QED) is 0.698. The molecule has 0 saturated carbocycles. The molecule has 0 fully saturated rings. The third-order valence-corrected chi connectivity index (χ3v) is 1.75. The van der Waals surface area contributed by atoms with Gasteiger partial charge in [-0.1, -0.05) is 5.16 Å². The molecule has 4 nitrogen and oxygen atoms in total. The first-order valence-corrected chi connectivity index (χ1v) is 3.53. The summed E-state index contributed by atoms with van der Waals surface area (Å²) in [4.78, 5) is 0. The largest absolute Gasteiger partial charge is 0.472 e. The van der Waals surface area contributed by atoms with Crippen LogP contribution < -0.4 is 5.73 Å². The van der Waals surface area contributed by atoms with Crippen LogP contribution in [-0.2, 0) is 0 Å². The summed E-state index contributed by atoms with van der Waals surface area (Å²) >= 11 is 0. The molecule has 2 heterocycles. The number of furan rings is 1. The molecule has 0 saturated heterocycles. The molecule has 0 spiro atoms. The minimum Gasteiger partial charge on any atom is -0.472 e. The Bertz CT molecular complexity index is 376. The zero-order chi connectivity index (χ0) is 8.55. The Balaban J connectivity index is 2.55. The third kappa shape index (κ3) is 0.887. The second kappa shape index (κ2) is 2.41. The molecule has 0 atom stereocenters. The third-order valence-electron chi connectivity index (χ3n) is 1.75. The molecule has 4 heteroatoms. The average Bonchev–Trinajstić information content (AvgIpc) is 2.64. The maximum Gasteiger partial charge on any atom is 0.225 e. The van der Waals surface area contributed by atoms with Gasteiger partial charge in [0, 0.05) is 11.1 Å². The molecule has 0 aliphatic heterocycles. The van der Waals surface area contributed by atoms with E-state index in [2.05, 4.69) is 5.16 Å². The predicted molar refractivity (Wildman–Crippen MR) is 43.4 cm³/mol. The van der Waals surface area contributed by atoms with Crippen LogP contribution in [0, 0.1) is 6.92 Å². The lowest BCUT2D eigenvalue weighted by molar-refractivity contribution is 0.438. The van der Waals surface area contributed by atoms with Gasteiger partial charge >= 0.3 is 0 Å². The molecule has 0 aromatic carbocycles. The van der Waals surface area contributed by atoms with Crippen molar-refractivity contribution >= 4 is 5.88 Å². The van der Waals surface area contributed by atoms with Crippen LogP contribution in [0.3, 0.4) is 0 Å². The SMILES string of the molecule is Cc1c(-c2ccoc2)noc1N. The van der Waals surface area contributed by atoms with Crippen LogP contribution in [0.25, 0.3) is 11.3 Å². The van der Waals surface area contributed by atoms with Crippen molar-refractivity contribution in [2.75, 3.05) is 5.73 Å². The van der Waals surface area contributed by atoms with Gasteiger partial charge in [0.1, 0.15) is 5.69 Å². The normalized spacial score (nSPS) is 10.4. The highest BCUT2D eigenvalue weighted by atomic mass is 16.5. The second-order valence-electron chi connectivity index (χ2n) is 2.53. The molecule has 0 unspecified atom stereocenters. The summed E-state index contributed by atoms with van der Waals surface area (Å²) in [5.41, 5.74) is 7.95. The Morgan fingerprint density at radius 1 is 1.50 bits per heavy atom.